The highest BCUT2D eigenvalue weighted by Crippen LogP contribution is 2.23. The zero-order chi connectivity index (χ0) is 25.4. The Morgan fingerprint density at radius 1 is 0.611 bits per heavy atom. The van der Waals surface area contributed by atoms with Gasteiger partial charge in [-0.3, -0.25) is 0 Å². The number of ether oxygens (including phenoxy) is 4. The zero-order valence-corrected chi connectivity index (χ0v) is 18.3. The number of esters is 6. The summed E-state index contributed by atoms with van der Waals surface area (Å²) in [6.07, 6.45) is 0.367. The monoisotopic (exact) mass is 486 g/mol. The van der Waals surface area contributed by atoms with E-state index in [0.29, 0.717) is 6.42 Å². The molecule has 3 aromatic rings. The van der Waals surface area contributed by atoms with Gasteiger partial charge in [-0.2, -0.15) is 0 Å². The highest BCUT2D eigenvalue weighted by molar-refractivity contribution is 6.16. The van der Waals surface area contributed by atoms with Gasteiger partial charge in [-0.25, -0.2) is 28.8 Å². The number of carbonyl (C=O) groups excluding carboxylic acids is 6. The average Bonchev–Trinajstić information content (AvgIpc) is 3.33. The quantitative estimate of drug-likeness (QED) is 0.221. The van der Waals surface area contributed by atoms with Crippen LogP contribution in [0.2, 0.25) is 0 Å². The number of rotatable bonds is 6. The van der Waals surface area contributed by atoms with Crippen molar-refractivity contribution in [3.63, 3.8) is 0 Å². The highest BCUT2D eigenvalue weighted by Gasteiger charge is 2.31. The van der Waals surface area contributed by atoms with Crippen molar-refractivity contribution in [2.24, 2.45) is 0 Å². The van der Waals surface area contributed by atoms with Crippen molar-refractivity contribution in [2.75, 3.05) is 6.61 Å². The molecule has 0 amide bonds. The Bertz CT molecular complexity index is 1480. The van der Waals surface area contributed by atoms with E-state index in [1.807, 2.05) is 0 Å². The second-order valence-electron chi connectivity index (χ2n) is 7.79. The molecule has 0 saturated heterocycles. The molecule has 0 unspecified atom stereocenters. The number of carbonyl (C=O) groups is 6. The van der Waals surface area contributed by atoms with Gasteiger partial charge in [-0.05, 0) is 54.1 Å². The van der Waals surface area contributed by atoms with Crippen molar-refractivity contribution >= 4 is 35.8 Å². The van der Waals surface area contributed by atoms with Crippen LogP contribution in [0.25, 0.3) is 0 Å². The minimum absolute atomic E-state index is 0.00709. The predicted octanol–water partition coefficient (Wildman–Crippen LogP) is 2.93. The van der Waals surface area contributed by atoms with Crippen molar-refractivity contribution in [1.82, 2.24) is 0 Å². The third kappa shape index (κ3) is 4.23. The van der Waals surface area contributed by atoms with Gasteiger partial charge in [0.1, 0.15) is 5.75 Å². The lowest BCUT2D eigenvalue weighted by Gasteiger charge is -2.08. The molecule has 0 N–H and O–H groups in total. The molecule has 2 heterocycles. The molecule has 178 valence electrons. The van der Waals surface area contributed by atoms with Gasteiger partial charge < -0.3 is 18.9 Å². The van der Waals surface area contributed by atoms with E-state index in [1.54, 1.807) is 24.3 Å². The summed E-state index contributed by atoms with van der Waals surface area (Å²) in [4.78, 5) is 71.0. The van der Waals surface area contributed by atoms with E-state index in [9.17, 15) is 28.8 Å². The fraction of sp³-hybridized carbons (Fsp3) is 0.0769. The highest BCUT2D eigenvalue weighted by atomic mass is 16.6. The summed E-state index contributed by atoms with van der Waals surface area (Å²) in [6, 6.07) is 14.4. The molecule has 0 spiro atoms. The molecular weight excluding hydrogens is 472 g/mol. The molecule has 10 heteroatoms. The van der Waals surface area contributed by atoms with Gasteiger partial charge in [0.05, 0.1) is 40.0 Å². The standard InChI is InChI=1S/C26H14O10/c27-21(14-3-7-17-19(11-14)25(31)35-23(17)29)33-10-9-13-1-5-16(6-2-13)34-22(28)15-4-8-18-20(12-15)26(32)36-24(18)30/h1-8,11-12H,9-10H2. The maximum absolute atomic E-state index is 12.4. The van der Waals surface area contributed by atoms with Gasteiger partial charge in [0.25, 0.3) is 0 Å². The maximum Gasteiger partial charge on any atom is 0.346 e. The van der Waals surface area contributed by atoms with E-state index in [1.165, 1.54) is 36.4 Å². The summed E-state index contributed by atoms with van der Waals surface area (Å²) in [5.74, 6) is -4.26. The number of hydrogen-bond acceptors (Lipinski definition) is 10. The molecule has 3 aromatic carbocycles. The summed E-state index contributed by atoms with van der Waals surface area (Å²) in [5.41, 5.74) is 1.22. The largest absolute Gasteiger partial charge is 0.462 e. The second kappa shape index (κ2) is 8.91. The first kappa shape index (κ1) is 22.7. The molecule has 0 saturated carbocycles. The van der Waals surface area contributed by atoms with Gasteiger partial charge in [0.15, 0.2) is 0 Å². The maximum atomic E-state index is 12.4. The van der Waals surface area contributed by atoms with E-state index in [4.69, 9.17) is 9.47 Å². The Morgan fingerprint density at radius 2 is 1.11 bits per heavy atom. The average molecular weight is 486 g/mol. The van der Waals surface area contributed by atoms with Crippen LogP contribution in [0.15, 0.2) is 60.7 Å². The van der Waals surface area contributed by atoms with Crippen LogP contribution in [-0.4, -0.2) is 42.4 Å². The second-order valence-corrected chi connectivity index (χ2v) is 7.79. The van der Waals surface area contributed by atoms with Crippen molar-refractivity contribution in [1.29, 1.82) is 0 Å². The van der Waals surface area contributed by atoms with Crippen molar-refractivity contribution in [3.05, 3.63) is 99.6 Å². The molecule has 36 heavy (non-hydrogen) atoms. The molecule has 2 aliphatic heterocycles. The van der Waals surface area contributed by atoms with Crippen LogP contribution in [0.3, 0.4) is 0 Å². The summed E-state index contributed by atoms with van der Waals surface area (Å²) in [7, 11) is 0. The molecular formula is C26H14O10. The van der Waals surface area contributed by atoms with E-state index < -0.39 is 35.8 Å². The van der Waals surface area contributed by atoms with Crippen LogP contribution in [0.5, 0.6) is 5.75 Å². The molecule has 5 rings (SSSR count). The molecule has 0 aromatic heterocycles. The zero-order valence-electron chi connectivity index (χ0n) is 18.3. The van der Waals surface area contributed by atoms with E-state index in [0.717, 1.165) is 5.56 Å². The van der Waals surface area contributed by atoms with Crippen LogP contribution in [0.1, 0.15) is 67.7 Å². The Kier molecular flexibility index (Phi) is 5.61. The van der Waals surface area contributed by atoms with E-state index >= 15 is 0 Å². The summed E-state index contributed by atoms with van der Waals surface area (Å²) in [5, 5.41) is 0. The lowest BCUT2D eigenvalue weighted by Crippen LogP contribution is -2.10. The first-order chi connectivity index (χ1) is 17.3. The van der Waals surface area contributed by atoms with Crippen molar-refractivity contribution in [2.45, 2.75) is 6.42 Å². The summed E-state index contributed by atoms with van der Waals surface area (Å²) in [6.45, 7) is 0.0440. The SMILES string of the molecule is O=C(OCCc1ccc(OC(=O)c2ccc3c(c2)C(=O)OC3=O)cc1)c1ccc2c(c1)C(=O)OC2=O. The van der Waals surface area contributed by atoms with Crippen LogP contribution in [-0.2, 0) is 20.6 Å². The summed E-state index contributed by atoms with van der Waals surface area (Å²) >= 11 is 0. The molecule has 0 aliphatic carbocycles. The predicted molar refractivity (Wildman–Crippen MR) is 118 cm³/mol. The molecule has 0 bridgehead atoms. The molecule has 2 aliphatic rings. The van der Waals surface area contributed by atoms with Gasteiger partial charge >= 0.3 is 35.8 Å². The van der Waals surface area contributed by atoms with Crippen LogP contribution < -0.4 is 4.74 Å². The Balaban J connectivity index is 1.15. The summed E-state index contributed by atoms with van der Waals surface area (Å²) < 4.78 is 19.5. The third-order valence-electron chi connectivity index (χ3n) is 5.52. The van der Waals surface area contributed by atoms with E-state index in [2.05, 4.69) is 9.47 Å². The topological polar surface area (TPSA) is 139 Å². The van der Waals surface area contributed by atoms with Crippen LogP contribution in [0.4, 0.5) is 0 Å². The first-order valence-electron chi connectivity index (χ1n) is 10.6. The molecule has 0 radical (unpaired) electrons. The fourth-order valence-electron chi connectivity index (χ4n) is 3.66. The Labute approximate surface area is 202 Å². The number of cyclic esters (lactones) is 4. The number of fused-ring (bicyclic) bond motifs is 2. The lowest BCUT2D eigenvalue weighted by atomic mass is 10.1. The molecule has 0 fully saturated rings. The van der Waals surface area contributed by atoms with Crippen LogP contribution in [0, 0.1) is 0 Å². The van der Waals surface area contributed by atoms with E-state index in [-0.39, 0.29) is 45.7 Å². The van der Waals surface area contributed by atoms with Gasteiger partial charge in [0.2, 0.25) is 0 Å². The van der Waals surface area contributed by atoms with Crippen molar-refractivity contribution < 1.29 is 47.7 Å². The van der Waals surface area contributed by atoms with Gasteiger partial charge in [-0.15, -0.1) is 0 Å². The molecule has 0 atom stereocenters. The number of benzene rings is 3. The Hall–Kier alpha value is -5.12. The minimum atomic E-state index is -0.816. The smallest absolute Gasteiger partial charge is 0.346 e. The molecule has 10 nitrogen and oxygen atoms in total. The number of hydrogen-bond donors (Lipinski definition) is 0. The fourth-order valence-corrected chi connectivity index (χ4v) is 3.66. The third-order valence-corrected chi connectivity index (χ3v) is 5.52. The minimum Gasteiger partial charge on any atom is -0.462 e. The normalized spacial score (nSPS) is 13.6. The lowest BCUT2D eigenvalue weighted by molar-refractivity contribution is 0.0425. The van der Waals surface area contributed by atoms with Gasteiger partial charge in [0, 0.05) is 6.42 Å². The van der Waals surface area contributed by atoms with Crippen LogP contribution >= 0.6 is 0 Å². The first-order valence-corrected chi connectivity index (χ1v) is 10.6. The van der Waals surface area contributed by atoms with Crippen molar-refractivity contribution in [3.8, 4) is 5.75 Å². The Morgan fingerprint density at radius 3 is 1.67 bits per heavy atom. The van der Waals surface area contributed by atoms with Gasteiger partial charge in [-0.1, -0.05) is 12.1 Å².